The van der Waals surface area contributed by atoms with E-state index in [1.165, 1.54) is 12.1 Å². The Hall–Kier alpha value is -2.62. The van der Waals surface area contributed by atoms with Crippen LogP contribution in [0.3, 0.4) is 0 Å². The van der Waals surface area contributed by atoms with Crippen LogP contribution in [-0.2, 0) is 0 Å². The zero-order valence-corrected chi connectivity index (χ0v) is 16.3. The first kappa shape index (κ1) is 18.7. The molecule has 5 heteroatoms. The van der Waals surface area contributed by atoms with Gasteiger partial charge in [-0.1, -0.05) is 12.6 Å². The van der Waals surface area contributed by atoms with Gasteiger partial charge in [-0.25, -0.2) is 4.39 Å². The van der Waals surface area contributed by atoms with Crippen molar-refractivity contribution in [2.75, 3.05) is 33.2 Å². The summed E-state index contributed by atoms with van der Waals surface area (Å²) in [6.45, 7) is 7.77. The van der Waals surface area contributed by atoms with Crippen molar-refractivity contribution in [2.45, 2.75) is 24.9 Å². The van der Waals surface area contributed by atoms with Gasteiger partial charge in [0.2, 0.25) is 0 Å². The minimum absolute atomic E-state index is 0.137. The maximum absolute atomic E-state index is 13.0. The van der Waals surface area contributed by atoms with Crippen LogP contribution in [0, 0.1) is 5.82 Å². The molecular weight excluding hydrogens is 353 g/mol. The zero-order chi connectivity index (χ0) is 19.5. The molecule has 1 aromatic carbocycles. The molecule has 0 unspecified atom stereocenters. The van der Waals surface area contributed by atoms with E-state index in [-0.39, 0.29) is 11.9 Å². The molecule has 0 amide bonds. The highest BCUT2D eigenvalue weighted by molar-refractivity contribution is 5.60. The number of aromatic nitrogens is 1. The van der Waals surface area contributed by atoms with Gasteiger partial charge in [0.05, 0.1) is 5.69 Å². The second-order valence-corrected chi connectivity index (χ2v) is 7.65. The molecule has 2 aliphatic rings. The van der Waals surface area contributed by atoms with Gasteiger partial charge in [-0.15, -0.1) is 5.73 Å². The highest BCUT2D eigenvalue weighted by Gasteiger charge is 2.27. The molecule has 28 heavy (non-hydrogen) atoms. The fourth-order valence-electron chi connectivity index (χ4n) is 3.96. The second kappa shape index (κ2) is 8.17. The number of hydrogen-bond donors (Lipinski definition) is 0. The van der Waals surface area contributed by atoms with E-state index < -0.39 is 0 Å². The first-order valence-corrected chi connectivity index (χ1v) is 9.85. The van der Waals surface area contributed by atoms with Crippen molar-refractivity contribution in [1.82, 2.24) is 14.8 Å². The summed E-state index contributed by atoms with van der Waals surface area (Å²) in [5.41, 5.74) is 6.17. The normalized spacial score (nSPS) is 18.4. The molecule has 2 saturated heterocycles. The Bertz CT molecular complexity index is 862. The average Bonchev–Trinajstić information content (AvgIpc) is 2.69. The lowest BCUT2D eigenvalue weighted by molar-refractivity contribution is 0.127. The van der Waals surface area contributed by atoms with Crippen LogP contribution in [0.2, 0.25) is 0 Å². The van der Waals surface area contributed by atoms with Gasteiger partial charge in [-0.3, -0.25) is 4.98 Å². The minimum atomic E-state index is -0.244. The summed E-state index contributed by atoms with van der Waals surface area (Å²) >= 11 is 0. The predicted octanol–water partition coefficient (Wildman–Crippen LogP) is 3.92. The summed E-state index contributed by atoms with van der Waals surface area (Å²) < 4.78 is 19.0. The average molecular weight is 379 g/mol. The van der Waals surface area contributed by atoms with Crippen molar-refractivity contribution < 1.29 is 9.13 Å². The van der Waals surface area contributed by atoms with E-state index in [1.54, 1.807) is 12.1 Å². The van der Waals surface area contributed by atoms with Crippen LogP contribution < -0.4 is 4.74 Å². The highest BCUT2D eigenvalue weighted by atomic mass is 19.1. The molecule has 0 atom stereocenters. The van der Waals surface area contributed by atoms with Crippen molar-refractivity contribution in [3.63, 3.8) is 0 Å². The third kappa shape index (κ3) is 4.11. The lowest BCUT2D eigenvalue weighted by Gasteiger charge is -2.36. The summed E-state index contributed by atoms with van der Waals surface area (Å²) in [7, 11) is 2.13. The van der Waals surface area contributed by atoms with Crippen LogP contribution in [-0.4, -0.2) is 54.1 Å². The second-order valence-electron chi connectivity index (χ2n) is 7.65. The van der Waals surface area contributed by atoms with Gasteiger partial charge in [0.15, 0.2) is 0 Å². The highest BCUT2D eigenvalue weighted by Crippen LogP contribution is 2.28. The number of piperidine rings is 1. The Balaban J connectivity index is 1.38. The van der Waals surface area contributed by atoms with Crippen LogP contribution in [0.15, 0.2) is 54.8 Å². The number of hydrogen-bond acceptors (Lipinski definition) is 4. The summed E-state index contributed by atoms with van der Waals surface area (Å²) in [5.74, 6) is 0.997. The molecule has 4 rings (SSSR count). The van der Waals surface area contributed by atoms with Crippen LogP contribution in [0.1, 0.15) is 30.1 Å². The number of rotatable bonds is 5. The summed E-state index contributed by atoms with van der Waals surface area (Å²) in [4.78, 5) is 9.48. The summed E-state index contributed by atoms with van der Waals surface area (Å²) in [6.07, 6.45) is 1.93. The standard InChI is InChI=1S/C23H26FN3O/c1-3-23(22-6-4-5-21(25-22)17-15-26(2)16-17)27-13-11-20(12-14-27)28-19-9-7-18(24)8-10-19/h4-10,17,20H,1,11-16H2,2H3. The number of likely N-dealkylation sites (N-methyl/N-ethyl adjacent to an activating group) is 1. The molecule has 0 N–H and O–H groups in total. The number of benzene rings is 1. The van der Waals surface area contributed by atoms with Crippen LogP contribution in [0.5, 0.6) is 5.75 Å². The van der Waals surface area contributed by atoms with Crippen LogP contribution in [0.25, 0.3) is 5.70 Å². The summed E-state index contributed by atoms with van der Waals surface area (Å²) in [5, 5.41) is 0. The van der Waals surface area contributed by atoms with Gasteiger partial charge >= 0.3 is 0 Å². The van der Waals surface area contributed by atoms with Crippen molar-refractivity contribution in [3.05, 3.63) is 72.0 Å². The molecule has 0 spiro atoms. The molecule has 0 bridgehead atoms. The Morgan fingerprint density at radius 3 is 2.50 bits per heavy atom. The van der Waals surface area contributed by atoms with E-state index in [1.807, 2.05) is 6.07 Å². The number of halogens is 1. The van der Waals surface area contributed by atoms with Gasteiger partial charge in [-0.2, -0.15) is 0 Å². The molecule has 3 heterocycles. The first-order chi connectivity index (χ1) is 13.6. The Labute approximate surface area is 165 Å². The third-order valence-electron chi connectivity index (χ3n) is 5.54. The zero-order valence-electron chi connectivity index (χ0n) is 16.3. The van der Waals surface area contributed by atoms with E-state index in [0.717, 1.165) is 61.9 Å². The predicted molar refractivity (Wildman–Crippen MR) is 109 cm³/mol. The Kier molecular flexibility index (Phi) is 5.47. The van der Waals surface area contributed by atoms with Gasteiger partial charge in [-0.05, 0) is 43.4 Å². The van der Waals surface area contributed by atoms with Crippen molar-refractivity contribution in [2.24, 2.45) is 0 Å². The number of nitrogens with zero attached hydrogens (tertiary/aromatic N) is 3. The van der Waals surface area contributed by atoms with Crippen LogP contribution >= 0.6 is 0 Å². The van der Waals surface area contributed by atoms with Crippen molar-refractivity contribution >= 4 is 5.70 Å². The molecule has 2 fully saturated rings. The maximum atomic E-state index is 13.0. The van der Waals surface area contributed by atoms with E-state index >= 15 is 0 Å². The maximum Gasteiger partial charge on any atom is 0.123 e. The van der Waals surface area contributed by atoms with Crippen molar-refractivity contribution in [1.29, 1.82) is 0 Å². The molecular formula is C23H26FN3O. The van der Waals surface area contributed by atoms with Gasteiger partial charge in [0.25, 0.3) is 0 Å². The Morgan fingerprint density at radius 1 is 1.14 bits per heavy atom. The number of ether oxygens (including phenoxy) is 1. The third-order valence-corrected chi connectivity index (χ3v) is 5.54. The first-order valence-electron chi connectivity index (χ1n) is 9.85. The fourth-order valence-corrected chi connectivity index (χ4v) is 3.96. The van der Waals surface area contributed by atoms with Gasteiger partial charge < -0.3 is 14.5 Å². The molecule has 4 nitrogen and oxygen atoms in total. The molecule has 0 aliphatic carbocycles. The van der Waals surface area contributed by atoms with E-state index in [2.05, 4.69) is 41.3 Å². The van der Waals surface area contributed by atoms with Crippen LogP contribution in [0.4, 0.5) is 4.39 Å². The lowest BCUT2D eigenvalue weighted by atomic mass is 9.96. The van der Waals surface area contributed by atoms with Gasteiger partial charge in [0.1, 0.15) is 23.4 Å². The number of likely N-dealkylation sites (tertiary alicyclic amines) is 2. The minimum Gasteiger partial charge on any atom is -0.490 e. The SMILES string of the molecule is C=C=C(c1cccc(C2CN(C)C2)n1)N1CCC(Oc2ccc(F)cc2)CC1. The monoisotopic (exact) mass is 379 g/mol. The lowest BCUT2D eigenvalue weighted by Crippen LogP contribution is -2.42. The molecule has 146 valence electrons. The molecule has 2 aliphatic heterocycles. The summed E-state index contributed by atoms with van der Waals surface area (Å²) in [6, 6.07) is 12.5. The quantitative estimate of drug-likeness (QED) is 0.737. The van der Waals surface area contributed by atoms with Gasteiger partial charge in [0, 0.05) is 50.6 Å². The smallest absolute Gasteiger partial charge is 0.123 e. The Morgan fingerprint density at radius 2 is 1.86 bits per heavy atom. The molecule has 0 saturated carbocycles. The number of pyridine rings is 1. The molecule has 0 radical (unpaired) electrons. The largest absolute Gasteiger partial charge is 0.490 e. The fraction of sp³-hybridized carbons (Fsp3) is 0.391. The molecule has 2 aromatic rings. The van der Waals surface area contributed by atoms with E-state index in [0.29, 0.717) is 5.92 Å². The van der Waals surface area contributed by atoms with E-state index in [4.69, 9.17) is 9.72 Å². The van der Waals surface area contributed by atoms with E-state index in [9.17, 15) is 4.39 Å². The molecule has 1 aromatic heterocycles. The topological polar surface area (TPSA) is 28.6 Å². The van der Waals surface area contributed by atoms with Crippen molar-refractivity contribution in [3.8, 4) is 5.75 Å².